The molecule has 0 radical (unpaired) electrons. The van der Waals surface area contributed by atoms with Crippen molar-refractivity contribution in [3.63, 3.8) is 0 Å². The maximum absolute atomic E-state index is 12.8. The monoisotopic (exact) mass is 305 g/mol. The van der Waals surface area contributed by atoms with E-state index in [9.17, 15) is 22.8 Å². The molecule has 1 heterocycles. The van der Waals surface area contributed by atoms with Crippen molar-refractivity contribution in [3.8, 4) is 0 Å². The molecule has 0 saturated heterocycles. The van der Waals surface area contributed by atoms with Crippen molar-refractivity contribution in [1.82, 2.24) is 10.2 Å². The molecule has 0 fully saturated rings. The predicted octanol–water partition coefficient (Wildman–Crippen LogP) is 1.71. The number of anilines is 1. The number of hydrogen-bond donors (Lipinski definition) is 2. The molecule has 116 valence electrons. The van der Waals surface area contributed by atoms with E-state index in [0.29, 0.717) is 0 Å². The van der Waals surface area contributed by atoms with Crippen LogP contribution < -0.4 is 10.9 Å². The lowest BCUT2D eigenvalue weighted by molar-refractivity contribution is -0.138. The van der Waals surface area contributed by atoms with Gasteiger partial charge >= 0.3 is 12.1 Å². The van der Waals surface area contributed by atoms with Crippen molar-refractivity contribution in [1.29, 1.82) is 0 Å². The molecule has 21 heavy (non-hydrogen) atoms. The van der Waals surface area contributed by atoms with Crippen LogP contribution in [-0.2, 0) is 15.7 Å². The van der Waals surface area contributed by atoms with Gasteiger partial charge in [0.15, 0.2) is 0 Å². The lowest BCUT2D eigenvalue weighted by Crippen LogP contribution is -2.26. The molecule has 2 N–H and O–H groups in total. The largest absolute Gasteiger partial charge is 0.463 e. The molecule has 0 unspecified atom stereocenters. The molecule has 1 atom stereocenters. The molecule has 6 nitrogen and oxygen atoms in total. The summed E-state index contributed by atoms with van der Waals surface area (Å²) in [6.45, 7) is 3.34. The fourth-order valence-electron chi connectivity index (χ4n) is 1.50. The highest BCUT2D eigenvalue weighted by Crippen LogP contribution is 2.31. The van der Waals surface area contributed by atoms with Crippen molar-refractivity contribution in [2.24, 2.45) is 0 Å². The van der Waals surface area contributed by atoms with E-state index in [1.807, 2.05) is 0 Å². The summed E-state index contributed by atoms with van der Waals surface area (Å²) in [6.07, 6.45) is -1.54. The van der Waals surface area contributed by atoms with Gasteiger partial charge in [0.2, 0.25) is 0 Å². The van der Waals surface area contributed by atoms with E-state index in [2.05, 4.69) is 15.2 Å². The standard InChI is InChI=1S/C12H14F3N3O3/c1-3-21-9(19)5-4-7(2)17-8-6-16-18-11(20)10(8)12(13,14)15/h4-7H,3H2,1-2H3,(H2,17,18,20)/b5-4+/t7-/m0/s1. The number of carbonyl (C=O) groups excluding carboxylic acids is 1. The van der Waals surface area contributed by atoms with Crippen LogP contribution in [0.15, 0.2) is 23.1 Å². The number of ether oxygens (including phenoxy) is 1. The summed E-state index contributed by atoms with van der Waals surface area (Å²) in [6, 6.07) is -0.640. The van der Waals surface area contributed by atoms with Crippen molar-refractivity contribution >= 4 is 11.7 Å². The van der Waals surface area contributed by atoms with Crippen LogP contribution in [-0.4, -0.2) is 28.8 Å². The molecule has 0 bridgehead atoms. The number of H-pyrrole nitrogens is 1. The molecule has 1 aromatic heterocycles. The molecule has 0 aliphatic heterocycles. The lowest BCUT2D eigenvalue weighted by atomic mass is 10.2. The fraction of sp³-hybridized carbons (Fsp3) is 0.417. The second-order valence-electron chi connectivity index (χ2n) is 4.03. The third-order valence-electron chi connectivity index (χ3n) is 2.33. The van der Waals surface area contributed by atoms with E-state index in [4.69, 9.17) is 0 Å². The summed E-state index contributed by atoms with van der Waals surface area (Å²) in [5.41, 5.74) is -3.17. The predicted molar refractivity (Wildman–Crippen MR) is 68.7 cm³/mol. The highest BCUT2D eigenvalue weighted by molar-refractivity contribution is 5.82. The Morgan fingerprint density at radius 2 is 2.24 bits per heavy atom. The summed E-state index contributed by atoms with van der Waals surface area (Å²) < 4.78 is 43.0. The number of aromatic amines is 1. The van der Waals surface area contributed by atoms with E-state index in [0.717, 1.165) is 12.3 Å². The number of hydrogen-bond acceptors (Lipinski definition) is 5. The Bertz CT molecular complexity index is 581. The molecule has 0 saturated carbocycles. The highest BCUT2D eigenvalue weighted by atomic mass is 19.4. The zero-order valence-electron chi connectivity index (χ0n) is 11.3. The first-order chi connectivity index (χ1) is 9.75. The molecule has 0 spiro atoms. The van der Waals surface area contributed by atoms with E-state index < -0.39 is 35.0 Å². The van der Waals surface area contributed by atoms with E-state index in [1.165, 1.54) is 13.0 Å². The summed E-state index contributed by atoms with van der Waals surface area (Å²) in [7, 11) is 0. The zero-order valence-corrected chi connectivity index (χ0v) is 11.3. The normalized spacial score (nSPS) is 13.2. The smallest absolute Gasteiger partial charge is 0.423 e. The number of alkyl halides is 3. The zero-order chi connectivity index (χ0) is 16.0. The van der Waals surface area contributed by atoms with Crippen molar-refractivity contribution < 1.29 is 22.7 Å². The van der Waals surface area contributed by atoms with Gasteiger partial charge < -0.3 is 10.1 Å². The van der Waals surface area contributed by atoms with Crippen LogP contribution >= 0.6 is 0 Å². The Kier molecular flexibility index (Phi) is 5.51. The number of halogens is 3. The SMILES string of the molecule is CCOC(=O)/C=C/[C@H](C)Nc1cn[nH]c(=O)c1C(F)(F)F. The van der Waals surface area contributed by atoms with E-state index in [1.54, 1.807) is 12.0 Å². The molecule has 0 aliphatic carbocycles. The maximum atomic E-state index is 12.8. The highest BCUT2D eigenvalue weighted by Gasteiger charge is 2.37. The summed E-state index contributed by atoms with van der Waals surface area (Å²) in [5, 5.41) is 7.51. The number of aromatic nitrogens is 2. The summed E-state index contributed by atoms with van der Waals surface area (Å²) in [5.74, 6) is -0.605. The molecule has 1 aromatic rings. The van der Waals surface area contributed by atoms with E-state index >= 15 is 0 Å². The van der Waals surface area contributed by atoms with Gasteiger partial charge in [-0.25, -0.2) is 9.89 Å². The Labute approximate surface area is 118 Å². The van der Waals surface area contributed by atoms with Gasteiger partial charge in [-0.3, -0.25) is 4.79 Å². The van der Waals surface area contributed by atoms with Crippen LogP contribution in [0.2, 0.25) is 0 Å². The minimum Gasteiger partial charge on any atom is -0.463 e. The fourth-order valence-corrected chi connectivity index (χ4v) is 1.50. The molecular weight excluding hydrogens is 291 g/mol. The minimum absolute atomic E-state index is 0.196. The van der Waals surface area contributed by atoms with Gasteiger partial charge in [-0.2, -0.15) is 18.3 Å². The molecular formula is C12H14F3N3O3. The Morgan fingerprint density at radius 1 is 1.57 bits per heavy atom. The Hall–Kier alpha value is -2.32. The van der Waals surface area contributed by atoms with Crippen LogP contribution in [0.5, 0.6) is 0 Å². The molecule has 0 amide bonds. The van der Waals surface area contributed by atoms with Crippen LogP contribution in [0.1, 0.15) is 19.4 Å². The van der Waals surface area contributed by atoms with Gasteiger partial charge in [0, 0.05) is 12.1 Å². The quantitative estimate of drug-likeness (QED) is 0.639. The number of esters is 1. The Balaban J connectivity index is 2.91. The van der Waals surface area contributed by atoms with Gasteiger partial charge in [-0.05, 0) is 13.8 Å². The van der Waals surface area contributed by atoms with Gasteiger partial charge in [0.1, 0.15) is 5.56 Å². The van der Waals surface area contributed by atoms with Crippen LogP contribution in [0.3, 0.4) is 0 Å². The summed E-state index contributed by atoms with van der Waals surface area (Å²) >= 11 is 0. The third kappa shape index (κ3) is 4.93. The minimum atomic E-state index is -4.82. The number of nitrogens with zero attached hydrogens (tertiary/aromatic N) is 1. The first-order valence-corrected chi connectivity index (χ1v) is 6.02. The van der Waals surface area contributed by atoms with Gasteiger partial charge in [-0.1, -0.05) is 6.08 Å². The molecule has 1 rings (SSSR count). The number of rotatable bonds is 5. The number of nitrogens with one attached hydrogen (secondary N) is 2. The topological polar surface area (TPSA) is 84.1 Å². The molecule has 9 heteroatoms. The van der Waals surface area contributed by atoms with Crippen molar-refractivity contribution in [3.05, 3.63) is 34.3 Å². The van der Waals surface area contributed by atoms with Gasteiger partial charge in [0.05, 0.1) is 18.5 Å². The van der Waals surface area contributed by atoms with Crippen molar-refractivity contribution in [2.75, 3.05) is 11.9 Å². The van der Waals surface area contributed by atoms with Crippen molar-refractivity contribution in [2.45, 2.75) is 26.1 Å². The van der Waals surface area contributed by atoms with Gasteiger partial charge in [0.25, 0.3) is 5.56 Å². The first-order valence-electron chi connectivity index (χ1n) is 6.02. The van der Waals surface area contributed by atoms with Gasteiger partial charge in [-0.15, -0.1) is 0 Å². The average Bonchev–Trinajstić information content (AvgIpc) is 2.35. The molecule has 0 aliphatic rings. The van der Waals surface area contributed by atoms with Crippen LogP contribution in [0, 0.1) is 0 Å². The average molecular weight is 305 g/mol. The lowest BCUT2D eigenvalue weighted by Gasteiger charge is -2.15. The molecule has 0 aromatic carbocycles. The number of carbonyl (C=O) groups is 1. The second-order valence-corrected chi connectivity index (χ2v) is 4.03. The van der Waals surface area contributed by atoms with Crippen LogP contribution in [0.4, 0.5) is 18.9 Å². The third-order valence-corrected chi connectivity index (χ3v) is 2.33. The maximum Gasteiger partial charge on any atom is 0.423 e. The van der Waals surface area contributed by atoms with E-state index in [-0.39, 0.29) is 6.61 Å². The summed E-state index contributed by atoms with van der Waals surface area (Å²) in [4.78, 5) is 22.3. The second kappa shape index (κ2) is 6.91. The van der Waals surface area contributed by atoms with Crippen LogP contribution in [0.25, 0.3) is 0 Å². The first kappa shape index (κ1) is 16.7. The Morgan fingerprint density at radius 3 is 2.81 bits per heavy atom.